The fraction of sp³-hybridized carbons (Fsp3) is 0.385. The number of fused-ring (bicyclic) bond motifs is 1. The Bertz CT molecular complexity index is 526. The van der Waals surface area contributed by atoms with Crippen LogP contribution in [0.5, 0.6) is 5.75 Å². The van der Waals surface area contributed by atoms with E-state index < -0.39 is 5.54 Å². The van der Waals surface area contributed by atoms with E-state index >= 15 is 0 Å². The molecule has 0 radical (unpaired) electrons. The number of ether oxygens (including phenoxy) is 1. The predicted octanol–water partition coefficient (Wildman–Crippen LogP) is 0.954. The Balaban J connectivity index is 2.17. The quantitative estimate of drug-likeness (QED) is 0.758. The molecular formula is C13H17N3O3. The zero-order valence-electron chi connectivity index (χ0n) is 11.2. The molecule has 3 N–H and O–H groups in total. The summed E-state index contributed by atoms with van der Waals surface area (Å²) >= 11 is 0. The fourth-order valence-corrected chi connectivity index (χ4v) is 1.56. The van der Waals surface area contributed by atoms with Crippen molar-refractivity contribution in [1.29, 1.82) is 0 Å². The van der Waals surface area contributed by atoms with Crippen LogP contribution in [0.15, 0.2) is 18.2 Å². The summed E-state index contributed by atoms with van der Waals surface area (Å²) in [5.74, 6) is 0.245. The molecule has 6 heteroatoms. The monoisotopic (exact) mass is 263 g/mol. The van der Waals surface area contributed by atoms with Gasteiger partial charge in [-0.1, -0.05) is 0 Å². The number of amides is 2. The lowest BCUT2D eigenvalue weighted by Gasteiger charge is -2.23. The molecule has 0 saturated carbocycles. The van der Waals surface area contributed by atoms with Crippen molar-refractivity contribution in [3.63, 3.8) is 0 Å². The minimum atomic E-state index is -0.671. The van der Waals surface area contributed by atoms with E-state index in [0.717, 1.165) is 0 Å². The zero-order valence-corrected chi connectivity index (χ0v) is 11.2. The van der Waals surface area contributed by atoms with E-state index in [0.29, 0.717) is 17.1 Å². The maximum atomic E-state index is 12.0. The normalized spacial score (nSPS) is 14.2. The Morgan fingerprint density at radius 1 is 1.42 bits per heavy atom. The van der Waals surface area contributed by atoms with Crippen LogP contribution in [0.4, 0.5) is 11.4 Å². The van der Waals surface area contributed by atoms with Crippen molar-refractivity contribution in [3.05, 3.63) is 18.2 Å². The maximum Gasteiger partial charge on any atom is 0.262 e. The molecular weight excluding hydrogens is 246 g/mol. The molecule has 1 aliphatic heterocycles. The van der Waals surface area contributed by atoms with E-state index in [1.54, 1.807) is 39.1 Å². The highest BCUT2D eigenvalue weighted by Gasteiger charge is 2.25. The Hall–Kier alpha value is -2.08. The Morgan fingerprint density at radius 2 is 2.16 bits per heavy atom. The third-order valence-electron chi connectivity index (χ3n) is 3.06. The molecule has 0 aromatic heterocycles. The molecule has 0 bridgehead atoms. The molecule has 2 amide bonds. The van der Waals surface area contributed by atoms with Crippen LogP contribution in [0.2, 0.25) is 0 Å². The number of anilines is 2. The predicted molar refractivity (Wildman–Crippen MR) is 72.3 cm³/mol. The van der Waals surface area contributed by atoms with Crippen LogP contribution < -0.4 is 20.7 Å². The van der Waals surface area contributed by atoms with Gasteiger partial charge >= 0.3 is 0 Å². The van der Waals surface area contributed by atoms with Crippen molar-refractivity contribution in [2.24, 2.45) is 0 Å². The molecule has 1 aromatic rings. The highest BCUT2D eigenvalue weighted by molar-refractivity contribution is 6.00. The second-order valence-corrected chi connectivity index (χ2v) is 4.88. The lowest BCUT2D eigenvalue weighted by molar-refractivity contribution is -0.121. The fourth-order valence-electron chi connectivity index (χ4n) is 1.56. The standard InChI is InChI=1S/C13H17N3O3/c1-13(2,14-3)12(18)15-8-4-5-10-9(6-8)16-11(17)7-19-10/h4-6,14H,7H2,1-3H3,(H,15,18)(H,16,17). The average molecular weight is 263 g/mol. The van der Waals surface area contributed by atoms with Crippen molar-refractivity contribution in [1.82, 2.24) is 5.32 Å². The van der Waals surface area contributed by atoms with E-state index in [4.69, 9.17) is 4.74 Å². The van der Waals surface area contributed by atoms with Crippen LogP contribution in [-0.4, -0.2) is 31.0 Å². The average Bonchev–Trinajstić information content (AvgIpc) is 2.38. The summed E-state index contributed by atoms with van der Waals surface area (Å²) in [6, 6.07) is 5.13. The molecule has 0 spiro atoms. The summed E-state index contributed by atoms with van der Waals surface area (Å²) in [5.41, 5.74) is 0.504. The number of carbonyl (C=O) groups is 2. The third-order valence-corrected chi connectivity index (χ3v) is 3.06. The number of hydrogen-bond acceptors (Lipinski definition) is 4. The van der Waals surface area contributed by atoms with E-state index in [-0.39, 0.29) is 18.4 Å². The molecule has 1 heterocycles. The highest BCUT2D eigenvalue weighted by Crippen LogP contribution is 2.30. The molecule has 0 saturated heterocycles. The number of rotatable bonds is 3. The van der Waals surface area contributed by atoms with Crippen LogP contribution in [-0.2, 0) is 9.59 Å². The molecule has 0 aliphatic carbocycles. The van der Waals surface area contributed by atoms with Crippen molar-refractivity contribution in [2.45, 2.75) is 19.4 Å². The molecule has 102 valence electrons. The van der Waals surface area contributed by atoms with E-state index in [1.165, 1.54) is 0 Å². The van der Waals surface area contributed by atoms with Gasteiger partial charge in [0.05, 0.1) is 11.2 Å². The molecule has 0 unspecified atom stereocenters. The van der Waals surface area contributed by atoms with Gasteiger partial charge in [0.1, 0.15) is 5.75 Å². The first-order valence-corrected chi connectivity index (χ1v) is 5.99. The van der Waals surface area contributed by atoms with Gasteiger partial charge in [0, 0.05) is 5.69 Å². The van der Waals surface area contributed by atoms with Gasteiger partial charge < -0.3 is 20.7 Å². The molecule has 0 fully saturated rings. The second kappa shape index (κ2) is 4.89. The van der Waals surface area contributed by atoms with Crippen molar-refractivity contribution < 1.29 is 14.3 Å². The van der Waals surface area contributed by atoms with Crippen LogP contribution in [0.3, 0.4) is 0 Å². The van der Waals surface area contributed by atoms with Gasteiger partial charge in [0.15, 0.2) is 6.61 Å². The van der Waals surface area contributed by atoms with Gasteiger partial charge in [-0.15, -0.1) is 0 Å². The van der Waals surface area contributed by atoms with Gasteiger partial charge in [-0.3, -0.25) is 9.59 Å². The van der Waals surface area contributed by atoms with Crippen LogP contribution in [0.1, 0.15) is 13.8 Å². The summed E-state index contributed by atoms with van der Waals surface area (Å²) in [6.45, 7) is 3.59. The topological polar surface area (TPSA) is 79.5 Å². The molecule has 1 aromatic carbocycles. The van der Waals surface area contributed by atoms with Crippen LogP contribution in [0.25, 0.3) is 0 Å². The molecule has 6 nitrogen and oxygen atoms in total. The lowest BCUT2D eigenvalue weighted by Crippen LogP contribution is -2.47. The van der Waals surface area contributed by atoms with Crippen LogP contribution in [0, 0.1) is 0 Å². The largest absolute Gasteiger partial charge is 0.482 e. The zero-order chi connectivity index (χ0) is 14.0. The van der Waals surface area contributed by atoms with Gasteiger partial charge in [-0.2, -0.15) is 0 Å². The van der Waals surface area contributed by atoms with Crippen molar-refractivity contribution >= 4 is 23.2 Å². The highest BCUT2D eigenvalue weighted by atomic mass is 16.5. The van der Waals surface area contributed by atoms with Crippen LogP contribution >= 0.6 is 0 Å². The molecule has 0 atom stereocenters. The summed E-state index contributed by atoms with van der Waals surface area (Å²) in [5, 5.41) is 8.41. The second-order valence-electron chi connectivity index (χ2n) is 4.88. The molecule has 2 rings (SSSR count). The SMILES string of the molecule is CNC(C)(C)C(=O)Nc1ccc2c(c1)NC(=O)CO2. The smallest absolute Gasteiger partial charge is 0.262 e. The van der Waals surface area contributed by atoms with E-state index in [2.05, 4.69) is 16.0 Å². The first-order chi connectivity index (χ1) is 8.92. The Labute approximate surface area is 111 Å². The van der Waals surface area contributed by atoms with Crippen molar-refractivity contribution in [3.8, 4) is 5.75 Å². The van der Waals surface area contributed by atoms with Crippen molar-refractivity contribution in [2.75, 3.05) is 24.3 Å². The van der Waals surface area contributed by atoms with Gasteiger partial charge in [0.2, 0.25) is 5.91 Å². The minimum Gasteiger partial charge on any atom is -0.482 e. The van der Waals surface area contributed by atoms with Gasteiger partial charge in [-0.25, -0.2) is 0 Å². The number of carbonyl (C=O) groups excluding carboxylic acids is 2. The number of likely N-dealkylation sites (N-methyl/N-ethyl adjacent to an activating group) is 1. The van der Waals surface area contributed by atoms with E-state index in [9.17, 15) is 9.59 Å². The Kier molecular flexibility index (Phi) is 3.44. The van der Waals surface area contributed by atoms with Gasteiger partial charge in [-0.05, 0) is 39.1 Å². The summed E-state index contributed by atoms with van der Waals surface area (Å²) < 4.78 is 5.25. The Morgan fingerprint density at radius 3 is 2.84 bits per heavy atom. The first-order valence-electron chi connectivity index (χ1n) is 5.99. The molecule has 1 aliphatic rings. The van der Waals surface area contributed by atoms with Gasteiger partial charge in [0.25, 0.3) is 5.91 Å². The number of hydrogen-bond donors (Lipinski definition) is 3. The third kappa shape index (κ3) is 2.85. The summed E-state index contributed by atoms with van der Waals surface area (Å²) in [4.78, 5) is 23.2. The number of nitrogens with one attached hydrogen (secondary N) is 3. The maximum absolute atomic E-state index is 12.0. The lowest BCUT2D eigenvalue weighted by atomic mass is 10.1. The molecule has 19 heavy (non-hydrogen) atoms. The number of benzene rings is 1. The van der Waals surface area contributed by atoms with E-state index in [1.807, 2.05) is 0 Å². The summed E-state index contributed by atoms with van der Waals surface area (Å²) in [6.07, 6.45) is 0. The first kappa shape index (κ1) is 13.4. The summed E-state index contributed by atoms with van der Waals surface area (Å²) in [7, 11) is 1.72. The minimum absolute atomic E-state index is 0.0193.